The summed E-state index contributed by atoms with van der Waals surface area (Å²) in [5, 5.41) is 13.2. The van der Waals surface area contributed by atoms with Crippen molar-refractivity contribution in [1.29, 1.82) is 0 Å². The van der Waals surface area contributed by atoms with Gasteiger partial charge in [-0.25, -0.2) is 0 Å². The highest BCUT2D eigenvalue weighted by atomic mass is 16.3. The van der Waals surface area contributed by atoms with Crippen LogP contribution in [0.15, 0.2) is 0 Å². The molecule has 2 rings (SSSR count). The molecule has 0 aromatic carbocycles. The van der Waals surface area contributed by atoms with E-state index >= 15 is 0 Å². The van der Waals surface area contributed by atoms with Gasteiger partial charge in [0.15, 0.2) is 6.10 Å². The molecule has 0 radical (unpaired) electrons. The Bertz CT molecular complexity index is 701. The molecule has 184 valence electrons. The van der Waals surface area contributed by atoms with Crippen molar-refractivity contribution in [3.8, 4) is 0 Å². The summed E-state index contributed by atoms with van der Waals surface area (Å²) in [6.07, 6.45) is 3.54. The van der Waals surface area contributed by atoms with Crippen molar-refractivity contribution in [2.75, 3.05) is 6.54 Å². The molecule has 1 aliphatic heterocycles. The second-order valence-electron chi connectivity index (χ2n) is 11.4. The molecular weight excluding hydrogens is 408 g/mol. The van der Waals surface area contributed by atoms with Gasteiger partial charge < -0.3 is 26.8 Å². The van der Waals surface area contributed by atoms with Crippen molar-refractivity contribution in [2.24, 2.45) is 34.1 Å². The maximum absolute atomic E-state index is 13.5. The van der Waals surface area contributed by atoms with E-state index in [1.807, 2.05) is 20.8 Å². The first kappa shape index (κ1) is 26.6. The van der Waals surface area contributed by atoms with Gasteiger partial charge in [-0.15, -0.1) is 0 Å². The smallest absolute Gasteiger partial charge is 0.248 e. The molecule has 32 heavy (non-hydrogen) atoms. The topological polar surface area (TPSA) is 139 Å². The Labute approximate surface area is 192 Å². The minimum absolute atomic E-state index is 0.193. The van der Waals surface area contributed by atoms with Crippen LogP contribution in [-0.2, 0) is 14.4 Å². The number of nitrogens with two attached hydrogens (primary N) is 2. The molecule has 2 fully saturated rings. The maximum Gasteiger partial charge on any atom is 0.248 e. The zero-order chi connectivity index (χ0) is 24.4. The fraction of sp³-hybridized carbons (Fsp3) is 0.875. The normalized spacial score (nSPS) is 27.0. The molecule has 8 nitrogen and oxygen atoms in total. The van der Waals surface area contributed by atoms with Gasteiger partial charge >= 0.3 is 0 Å². The number of nitrogens with zero attached hydrogens (tertiary/aromatic N) is 1. The molecule has 1 saturated carbocycles. The van der Waals surface area contributed by atoms with Crippen LogP contribution in [0.2, 0.25) is 0 Å². The van der Waals surface area contributed by atoms with Crippen LogP contribution >= 0.6 is 0 Å². The summed E-state index contributed by atoms with van der Waals surface area (Å²) >= 11 is 0. The minimum Gasteiger partial charge on any atom is -0.381 e. The SMILES string of the molecule is CC[C@]1(C(C)C)C[C@@H](C(=O)NC(CC2CCC2)C(O)C(N)=O)N(C(=O)[C@@H](N)C(C)(C)C)C1. The highest BCUT2D eigenvalue weighted by Crippen LogP contribution is 2.44. The molecule has 0 spiro atoms. The summed E-state index contributed by atoms with van der Waals surface area (Å²) < 4.78 is 0. The average Bonchev–Trinajstić information content (AvgIpc) is 3.08. The number of aliphatic hydroxyl groups excluding tert-OH is 1. The van der Waals surface area contributed by atoms with E-state index in [9.17, 15) is 19.5 Å². The molecule has 8 heteroatoms. The van der Waals surface area contributed by atoms with Crippen molar-refractivity contribution in [3.05, 3.63) is 0 Å². The first-order valence-corrected chi connectivity index (χ1v) is 12.1. The maximum atomic E-state index is 13.5. The molecule has 3 amide bonds. The highest BCUT2D eigenvalue weighted by molar-refractivity contribution is 5.91. The third kappa shape index (κ3) is 5.63. The predicted octanol–water partition coefficient (Wildman–Crippen LogP) is 1.53. The van der Waals surface area contributed by atoms with E-state index in [1.165, 1.54) is 0 Å². The van der Waals surface area contributed by atoms with E-state index < -0.39 is 35.6 Å². The van der Waals surface area contributed by atoms with Crippen LogP contribution in [0.5, 0.6) is 0 Å². The summed E-state index contributed by atoms with van der Waals surface area (Å²) in [6.45, 7) is 12.5. The second-order valence-corrected chi connectivity index (χ2v) is 11.4. The molecule has 2 unspecified atom stereocenters. The van der Waals surface area contributed by atoms with Crippen molar-refractivity contribution >= 4 is 17.7 Å². The fourth-order valence-electron chi connectivity index (χ4n) is 4.94. The van der Waals surface area contributed by atoms with Gasteiger partial charge in [-0.05, 0) is 41.9 Å². The van der Waals surface area contributed by atoms with Crippen LogP contribution in [0.25, 0.3) is 0 Å². The Balaban J connectivity index is 2.30. The summed E-state index contributed by atoms with van der Waals surface area (Å²) in [5.74, 6) is -0.808. The summed E-state index contributed by atoms with van der Waals surface area (Å²) in [7, 11) is 0. The molecule has 0 bridgehead atoms. The zero-order valence-corrected chi connectivity index (χ0v) is 20.7. The Morgan fingerprint density at radius 2 is 1.81 bits per heavy atom. The number of hydrogen-bond acceptors (Lipinski definition) is 5. The van der Waals surface area contributed by atoms with Crippen LogP contribution in [0.3, 0.4) is 0 Å². The number of amides is 3. The van der Waals surface area contributed by atoms with E-state index in [4.69, 9.17) is 11.5 Å². The molecule has 0 aromatic rings. The lowest BCUT2D eigenvalue weighted by atomic mass is 9.73. The third-order valence-corrected chi connectivity index (χ3v) is 7.99. The van der Waals surface area contributed by atoms with Gasteiger partial charge in [0.1, 0.15) is 6.04 Å². The van der Waals surface area contributed by atoms with Gasteiger partial charge in [0, 0.05) is 6.54 Å². The Kier molecular flexibility index (Phi) is 8.37. The molecule has 1 heterocycles. The standard InChI is InChI=1S/C24H44N4O4/c1-7-24(14(2)3)12-17(28(13-24)22(32)19(25)23(4,5)6)21(31)27-16(18(29)20(26)30)11-15-9-8-10-15/h14-19,29H,7-13,25H2,1-6H3,(H2,26,30)(H,27,31)/t16?,17-,18?,19+,24-/m0/s1. The number of rotatable bonds is 9. The van der Waals surface area contributed by atoms with Gasteiger partial charge in [-0.2, -0.15) is 0 Å². The molecule has 5 atom stereocenters. The Morgan fingerprint density at radius 1 is 1.22 bits per heavy atom. The molecule has 1 saturated heterocycles. The summed E-state index contributed by atoms with van der Waals surface area (Å²) in [6, 6.07) is -2.18. The molecule has 6 N–H and O–H groups in total. The van der Waals surface area contributed by atoms with Gasteiger partial charge in [0.25, 0.3) is 0 Å². The molecule has 0 aromatic heterocycles. The van der Waals surface area contributed by atoms with Crippen molar-refractivity contribution < 1.29 is 19.5 Å². The number of hydrogen-bond donors (Lipinski definition) is 4. The van der Waals surface area contributed by atoms with Crippen molar-refractivity contribution in [3.63, 3.8) is 0 Å². The lowest BCUT2D eigenvalue weighted by Gasteiger charge is -2.35. The van der Waals surface area contributed by atoms with E-state index in [1.54, 1.807) is 4.90 Å². The van der Waals surface area contributed by atoms with Crippen LogP contribution in [0.4, 0.5) is 0 Å². The van der Waals surface area contributed by atoms with Gasteiger partial charge in [-0.3, -0.25) is 14.4 Å². The zero-order valence-electron chi connectivity index (χ0n) is 20.7. The van der Waals surface area contributed by atoms with Crippen LogP contribution in [0, 0.1) is 22.7 Å². The van der Waals surface area contributed by atoms with Crippen molar-refractivity contribution in [2.45, 2.75) is 104 Å². The van der Waals surface area contributed by atoms with E-state index in [2.05, 4.69) is 26.1 Å². The lowest BCUT2D eigenvalue weighted by molar-refractivity contribution is -0.142. The number of primary amides is 1. The van der Waals surface area contributed by atoms with E-state index in [0.29, 0.717) is 25.3 Å². The average molecular weight is 453 g/mol. The number of nitrogens with one attached hydrogen (secondary N) is 1. The quantitative estimate of drug-likeness (QED) is 0.420. The first-order valence-electron chi connectivity index (χ1n) is 12.1. The monoisotopic (exact) mass is 452 g/mol. The minimum atomic E-state index is -1.46. The number of likely N-dealkylation sites (tertiary alicyclic amines) is 1. The Hall–Kier alpha value is -1.67. The first-order chi connectivity index (χ1) is 14.7. The summed E-state index contributed by atoms with van der Waals surface area (Å²) in [4.78, 5) is 40.2. The highest BCUT2D eigenvalue weighted by Gasteiger charge is 2.51. The molecule has 2 aliphatic rings. The molecule has 1 aliphatic carbocycles. The van der Waals surface area contributed by atoms with E-state index in [0.717, 1.165) is 25.7 Å². The third-order valence-electron chi connectivity index (χ3n) is 7.99. The largest absolute Gasteiger partial charge is 0.381 e. The van der Waals surface area contributed by atoms with Gasteiger partial charge in [0.2, 0.25) is 17.7 Å². The van der Waals surface area contributed by atoms with Gasteiger partial charge in [-0.1, -0.05) is 60.8 Å². The number of aliphatic hydroxyl groups is 1. The van der Waals surface area contributed by atoms with E-state index in [-0.39, 0.29) is 23.1 Å². The van der Waals surface area contributed by atoms with Crippen molar-refractivity contribution in [1.82, 2.24) is 10.2 Å². The van der Waals surface area contributed by atoms with Crippen LogP contribution in [0.1, 0.15) is 80.1 Å². The Morgan fingerprint density at radius 3 is 2.22 bits per heavy atom. The number of carbonyl (C=O) groups excluding carboxylic acids is 3. The summed E-state index contributed by atoms with van der Waals surface area (Å²) in [5.41, 5.74) is 11.0. The second kappa shape index (κ2) is 10.1. The van der Waals surface area contributed by atoms with Gasteiger partial charge in [0.05, 0.1) is 12.1 Å². The number of carbonyl (C=O) groups is 3. The van der Waals surface area contributed by atoms with Crippen LogP contribution in [-0.4, -0.2) is 58.5 Å². The lowest BCUT2D eigenvalue weighted by Crippen LogP contribution is -2.58. The fourth-order valence-corrected chi connectivity index (χ4v) is 4.94. The molecular formula is C24H44N4O4. The van der Waals surface area contributed by atoms with Crippen LogP contribution < -0.4 is 16.8 Å². The predicted molar refractivity (Wildman–Crippen MR) is 124 cm³/mol.